The normalized spacial score (nSPS) is 19.7. The van der Waals surface area contributed by atoms with E-state index in [2.05, 4.69) is 22.1 Å². The lowest BCUT2D eigenvalue weighted by molar-refractivity contribution is 0.0573. The number of hydrogen-bond donors (Lipinski definition) is 2. The van der Waals surface area contributed by atoms with Gasteiger partial charge in [0.05, 0.1) is 0 Å². The molecule has 0 aliphatic carbocycles. The molecular weight excluding hydrogens is 361 g/mol. The zero-order chi connectivity index (χ0) is 16.4. The van der Waals surface area contributed by atoms with Crippen LogP contribution in [-0.4, -0.2) is 45.1 Å². The summed E-state index contributed by atoms with van der Waals surface area (Å²) in [5, 5.41) is 6.99. The molecule has 0 spiro atoms. The zero-order valence-electron chi connectivity index (χ0n) is 14.4. The first kappa shape index (κ1) is 21.4. The minimum atomic E-state index is 0. The standard InChI is InChI=1S/C17H23N5O.2ClH/c1-11-6-7-22(15(8-11)10-18)17(23)14-5-3-4-13(9-14)16-19-12(2)20-21-16;;/h3-5,9,11,15H,6-8,10,18H2,1-2H3,(H,19,20,21);2*1H. The summed E-state index contributed by atoms with van der Waals surface area (Å²) in [4.78, 5) is 19.1. The molecule has 2 atom stereocenters. The van der Waals surface area contributed by atoms with Gasteiger partial charge < -0.3 is 10.6 Å². The molecule has 1 aromatic heterocycles. The third-order valence-electron chi connectivity index (χ3n) is 4.48. The quantitative estimate of drug-likeness (QED) is 0.849. The first-order valence-electron chi connectivity index (χ1n) is 8.09. The number of nitrogens with zero attached hydrogens (tertiary/aromatic N) is 3. The molecule has 0 saturated carbocycles. The second-order valence-corrected chi connectivity index (χ2v) is 6.34. The first-order chi connectivity index (χ1) is 11.1. The van der Waals surface area contributed by atoms with E-state index in [0.717, 1.165) is 30.8 Å². The molecule has 3 rings (SSSR count). The number of H-pyrrole nitrogens is 1. The van der Waals surface area contributed by atoms with E-state index >= 15 is 0 Å². The van der Waals surface area contributed by atoms with E-state index in [1.807, 2.05) is 36.1 Å². The number of nitrogens with one attached hydrogen (secondary N) is 1. The van der Waals surface area contributed by atoms with Gasteiger partial charge in [0.1, 0.15) is 5.82 Å². The molecule has 0 radical (unpaired) electrons. The molecule has 3 N–H and O–H groups in total. The van der Waals surface area contributed by atoms with Crippen LogP contribution in [0.3, 0.4) is 0 Å². The van der Waals surface area contributed by atoms with Crippen molar-refractivity contribution in [2.45, 2.75) is 32.7 Å². The van der Waals surface area contributed by atoms with Crippen molar-refractivity contribution in [3.8, 4) is 11.4 Å². The van der Waals surface area contributed by atoms with Gasteiger partial charge in [-0.3, -0.25) is 9.89 Å². The average molecular weight is 386 g/mol. The Hall–Kier alpha value is -1.63. The average Bonchev–Trinajstić information content (AvgIpc) is 3.01. The fraction of sp³-hybridized carbons (Fsp3) is 0.471. The molecule has 1 saturated heterocycles. The van der Waals surface area contributed by atoms with Gasteiger partial charge in [0.25, 0.3) is 5.91 Å². The van der Waals surface area contributed by atoms with Gasteiger partial charge in [0, 0.05) is 30.3 Å². The minimum Gasteiger partial charge on any atom is -0.334 e. The predicted molar refractivity (Wildman–Crippen MR) is 103 cm³/mol. The molecule has 1 aromatic carbocycles. The number of likely N-dealkylation sites (tertiary alicyclic amines) is 1. The Kier molecular flexibility index (Phi) is 7.86. The number of piperidine rings is 1. The van der Waals surface area contributed by atoms with Crippen LogP contribution in [0.5, 0.6) is 0 Å². The SMILES string of the molecule is Cc1nc(-c2cccc(C(=O)N3CCC(C)CC3CN)c2)n[nH]1.Cl.Cl. The van der Waals surface area contributed by atoms with Gasteiger partial charge in [-0.2, -0.15) is 5.10 Å². The number of aromatic amines is 1. The number of aromatic nitrogens is 3. The van der Waals surface area contributed by atoms with Crippen LogP contribution in [0.15, 0.2) is 24.3 Å². The third-order valence-corrected chi connectivity index (χ3v) is 4.48. The lowest BCUT2D eigenvalue weighted by Crippen LogP contribution is -2.49. The molecule has 138 valence electrons. The highest BCUT2D eigenvalue weighted by molar-refractivity contribution is 5.95. The second kappa shape index (κ2) is 9.17. The molecule has 2 unspecified atom stereocenters. The molecule has 8 heteroatoms. The fourth-order valence-electron chi connectivity index (χ4n) is 3.17. The summed E-state index contributed by atoms with van der Waals surface area (Å²) in [5.41, 5.74) is 7.38. The summed E-state index contributed by atoms with van der Waals surface area (Å²) in [6.07, 6.45) is 2.00. The maximum atomic E-state index is 12.9. The monoisotopic (exact) mass is 385 g/mol. The number of carbonyl (C=O) groups is 1. The number of nitrogens with two attached hydrogens (primary N) is 1. The zero-order valence-corrected chi connectivity index (χ0v) is 16.1. The lowest BCUT2D eigenvalue weighted by Gasteiger charge is -2.38. The van der Waals surface area contributed by atoms with Crippen molar-refractivity contribution in [2.75, 3.05) is 13.1 Å². The van der Waals surface area contributed by atoms with Gasteiger partial charge in [0.2, 0.25) is 0 Å². The van der Waals surface area contributed by atoms with Crippen molar-refractivity contribution in [2.24, 2.45) is 11.7 Å². The smallest absolute Gasteiger partial charge is 0.254 e. The van der Waals surface area contributed by atoms with Gasteiger partial charge in [-0.25, -0.2) is 4.98 Å². The van der Waals surface area contributed by atoms with Crippen molar-refractivity contribution >= 4 is 30.7 Å². The highest BCUT2D eigenvalue weighted by Gasteiger charge is 2.29. The van der Waals surface area contributed by atoms with Crippen LogP contribution in [0.1, 0.15) is 35.9 Å². The van der Waals surface area contributed by atoms with E-state index in [9.17, 15) is 4.79 Å². The molecule has 2 aromatic rings. The van der Waals surface area contributed by atoms with Crippen LogP contribution in [0.4, 0.5) is 0 Å². The number of halogens is 2. The molecule has 0 bridgehead atoms. The largest absolute Gasteiger partial charge is 0.334 e. The van der Waals surface area contributed by atoms with Crippen LogP contribution in [0, 0.1) is 12.8 Å². The molecule has 1 amide bonds. The van der Waals surface area contributed by atoms with E-state index in [1.54, 1.807) is 0 Å². The van der Waals surface area contributed by atoms with Crippen molar-refractivity contribution in [3.05, 3.63) is 35.7 Å². The highest BCUT2D eigenvalue weighted by Crippen LogP contribution is 2.25. The maximum Gasteiger partial charge on any atom is 0.254 e. The van der Waals surface area contributed by atoms with E-state index in [1.165, 1.54) is 0 Å². The van der Waals surface area contributed by atoms with Gasteiger partial charge in [-0.1, -0.05) is 19.1 Å². The van der Waals surface area contributed by atoms with Gasteiger partial charge in [-0.15, -0.1) is 24.8 Å². The molecule has 2 heterocycles. The minimum absolute atomic E-state index is 0. The number of rotatable bonds is 3. The Labute approximate surface area is 160 Å². The Morgan fingerprint density at radius 1 is 1.40 bits per heavy atom. The summed E-state index contributed by atoms with van der Waals surface area (Å²) in [6, 6.07) is 7.62. The summed E-state index contributed by atoms with van der Waals surface area (Å²) < 4.78 is 0. The number of benzene rings is 1. The highest BCUT2D eigenvalue weighted by atomic mass is 35.5. The number of carbonyl (C=O) groups excluding carboxylic acids is 1. The summed E-state index contributed by atoms with van der Waals surface area (Å²) in [7, 11) is 0. The summed E-state index contributed by atoms with van der Waals surface area (Å²) in [5.74, 6) is 2.03. The maximum absolute atomic E-state index is 12.9. The number of hydrogen-bond acceptors (Lipinski definition) is 4. The number of aryl methyl sites for hydroxylation is 1. The predicted octanol–water partition coefficient (Wildman–Crippen LogP) is 2.82. The molecule has 25 heavy (non-hydrogen) atoms. The van der Waals surface area contributed by atoms with Crippen molar-refractivity contribution in [1.82, 2.24) is 20.1 Å². The second-order valence-electron chi connectivity index (χ2n) is 6.34. The van der Waals surface area contributed by atoms with Crippen LogP contribution in [-0.2, 0) is 0 Å². The van der Waals surface area contributed by atoms with E-state index in [0.29, 0.717) is 23.9 Å². The molecular formula is C17H25Cl2N5O. The Morgan fingerprint density at radius 3 is 2.80 bits per heavy atom. The first-order valence-corrected chi connectivity index (χ1v) is 8.09. The Morgan fingerprint density at radius 2 is 2.16 bits per heavy atom. The van der Waals surface area contributed by atoms with Crippen molar-refractivity contribution < 1.29 is 4.79 Å². The molecule has 1 fully saturated rings. The summed E-state index contributed by atoms with van der Waals surface area (Å²) >= 11 is 0. The Balaban J connectivity index is 0.00000156. The molecule has 1 aliphatic heterocycles. The van der Waals surface area contributed by atoms with Crippen molar-refractivity contribution in [3.63, 3.8) is 0 Å². The van der Waals surface area contributed by atoms with Gasteiger partial charge >= 0.3 is 0 Å². The Bertz CT molecular complexity index is 706. The third kappa shape index (κ3) is 4.71. The van der Waals surface area contributed by atoms with Crippen molar-refractivity contribution in [1.29, 1.82) is 0 Å². The molecule has 1 aliphatic rings. The van der Waals surface area contributed by atoms with E-state index in [4.69, 9.17) is 5.73 Å². The van der Waals surface area contributed by atoms with Crippen LogP contribution < -0.4 is 5.73 Å². The van der Waals surface area contributed by atoms with Crippen LogP contribution in [0.2, 0.25) is 0 Å². The topological polar surface area (TPSA) is 87.9 Å². The van der Waals surface area contributed by atoms with Gasteiger partial charge in [0.15, 0.2) is 5.82 Å². The summed E-state index contributed by atoms with van der Waals surface area (Å²) in [6.45, 7) is 5.35. The molecule has 6 nitrogen and oxygen atoms in total. The fourth-order valence-corrected chi connectivity index (χ4v) is 3.17. The van der Waals surface area contributed by atoms with Crippen LogP contribution in [0.25, 0.3) is 11.4 Å². The van der Waals surface area contributed by atoms with E-state index in [-0.39, 0.29) is 36.8 Å². The van der Waals surface area contributed by atoms with Gasteiger partial charge in [-0.05, 0) is 37.8 Å². The number of amides is 1. The van der Waals surface area contributed by atoms with E-state index < -0.39 is 0 Å². The lowest BCUT2D eigenvalue weighted by atomic mass is 9.91. The van der Waals surface area contributed by atoms with Crippen LogP contribution >= 0.6 is 24.8 Å².